The molecule has 1 aliphatic heterocycles. The fourth-order valence-electron chi connectivity index (χ4n) is 8.27. The highest BCUT2D eigenvalue weighted by molar-refractivity contribution is 6.99. The Kier molecular flexibility index (Phi) is 11.3. The second-order valence-corrected chi connectivity index (χ2v) is 20.8. The molecule has 0 spiro atoms. The van der Waals surface area contributed by atoms with Crippen LogP contribution in [0, 0.1) is 5.41 Å². The Hall–Kier alpha value is -3.68. The molecule has 0 N–H and O–H groups in total. The number of piperazine rings is 1. The van der Waals surface area contributed by atoms with E-state index in [1.54, 1.807) is 0 Å². The first kappa shape index (κ1) is 37.1. The summed E-state index contributed by atoms with van der Waals surface area (Å²) < 4.78 is 12.6. The number of halogens is 1. The summed E-state index contributed by atoms with van der Waals surface area (Å²) in [7, 11) is -1.34. The van der Waals surface area contributed by atoms with E-state index < -0.39 is 8.32 Å². The molecule has 7 heteroatoms. The third-order valence-electron chi connectivity index (χ3n) is 10.9. The number of carbonyl (C=O) groups excluding carboxylic acids is 1. The van der Waals surface area contributed by atoms with Crippen LogP contribution < -0.4 is 15.3 Å². The molecule has 51 heavy (non-hydrogen) atoms. The first-order valence-electron chi connectivity index (χ1n) is 18.3. The van der Waals surface area contributed by atoms with E-state index in [1.165, 1.54) is 40.6 Å². The maximum atomic E-state index is 12.3. The van der Waals surface area contributed by atoms with Crippen molar-refractivity contribution in [3.8, 4) is 0 Å². The maximum Gasteiger partial charge on any atom is 0.337 e. The van der Waals surface area contributed by atoms with E-state index in [1.807, 2.05) is 24.3 Å². The molecule has 0 aromatic heterocycles. The van der Waals surface area contributed by atoms with Crippen molar-refractivity contribution in [3.05, 3.63) is 131 Å². The van der Waals surface area contributed by atoms with Gasteiger partial charge in [-0.05, 0) is 87.6 Å². The second kappa shape index (κ2) is 15.5. The lowest BCUT2D eigenvalue weighted by Gasteiger charge is -2.47. The van der Waals surface area contributed by atoms with Gasteiger partial charge < -0.3 is 14.1 Å². The maximum absolute atomic E-state index is 12.3. The molecule has 4 aromatic rings. The van der Waals surface area contributed by atoms with Gasteiger partial charge in [-0.15, -0.1) is 0 Å². The summed E-state index contributed by atoms with van der Waals surface area (Å²) in [5.74, 6) is -0.321. The molecule has 1 atom stereocenters. The molecule has 5 nitrogen and oxygen atoms in total. The number of benzene rings is 4. The summed E-state index contributed by atoms with van der Waals surface area (Å²) in [6.07, 6.45) is 3.35. The Bertz CT molecular complexity index is 1760. The van der Waals surface area contributed by atoms with Gasteiger partial charge in [-0.2, -0.15) is 0 Å². The largest absolute Gasteiger partial charge is 0.465 e. The summed E-state index contributed by atoms with van der Waals surface area (Å²) >= 11 is 6.31. The molecule has 1 heterocycles. The van der Waals surface area contributed by atoms with Crippen LogP contribution in [-0.2, 0) is 9.16 Å². The first-order valence-corrected chi connectivity index (χ1v) is 20.6. The van der Waals surface area contributed by atoms with Gasteiger partial charge in [0, 0.05) is 36.9 Å². The van der Waals surface area contributed by atoms with Crippen LogP contribution in [0.2, 0.25) is 10.1 Å². The van der Waals surface area contributed by atoms with Crippen molar-refractivity contribution in [3.63, 3.8) is 0 Å². The van der Waals surface area contributed by atoms with Crippen LogP contribution in [0.1, 0.15) is 69.8 Å². The zero-order valence-corrected chi connectivity index (χ0v) is 32.9. The standard InChI is InChI=1S/C44H53ClN2O3Si/c1-43(2,3)51(39-13-9-7-10-14-39,40-15-11-8-12-16-40)50-32-38-31-46(27-28-47(38)37-23-19-34(20-24-37)42(48)49-6)30-35-29-44(4,5)26-25-41(35)33-17-21-36(45)22-18-33/h7-24,38H,25-32H2,1-6H3/t38-/m1/s1. The van der Waals surface area contributed by atoms with Gasteiger partial charge in [0.1, 0.15) is 0 Å². The van der Waals surface area contributed by atoms with Gasteiger partial charge >= 0.3 is 5.97 Å². The molecular weight excluding hydrogens is 668 g/mol. The Morgan fingerprint density at radius 1 is 0.863 bits per heavy atom. The average Bonchev–Trinajstić information content (AvgIpc) is 3.12. The molecule has 0 radical (unpaired) electrons. The zero-order valence-electron chi connectivity index (χ0n) is 31.1. The highest BCUT2D eigenvalue weighted by atomic mass is 35.5. The number of carbonyl (C=O) groups is 1. The number of rotatable bonds is 10. The number of ether oxygens (including phenoxy) is 1. The predicted molar refractivity (Wildman–Crippen MR) is 215 cm³/mol. The van der Waals surface area contributed by atoms with Crippen molar-refractivity contribution in [1.29, 1.82) is 0 Å². The lowest BCUT2D eigenvalue weighted by atomic mass is 9.72. The molecule has 268 valence electrons. The summed E-state index contributed by atoms with van der Waals surface area (Å²) in [5, 5.41) is 3.22. The van der Waals surface area contributed by atoms with Crippen molar-refractivity contribution in [1.82, 2.24) is 4.90 Å². The van der Waals surface area contributed by atoms with E-state index in [0.717, 1.165) is 49.7 Å². The molecule has 4 aromatic carbocycles. The third-order valence-corrected chi connectivity index (χ3v) is 16.1. The number of hydrogen-bond donors (Lipinski definition) is 0. The third kappa shape index (κ3) is 8.20. The zero-order chi connectivity index (χ0) is 36.2. The van der Waals surface area contributed by atoms with E-state index in [4.69, 9.17) is 20.8 Å². The molecule has 2 aliphatic rings. The van der Waals surface area contributed by atoms with Gasteiger partial charge in [0.15, 0.2) is 0 Å². The molecule has 0 saturated carbocycles. The number of esters is 1. The van der Waals surface area contributed by atoms with Crippen molar-refractivity contribution < 1.29 is 14.0 Å². The number of allylic oxidation sites excluding steroid dienone is 1. The molecule has 1 saturated heterocycles. The summed E-state index contributed by atoms with van der Waals surface area (Å²) in [4.78, 5) is 17.4. The summed E-state index contributed by atoms with van der Waals surface area (Å²) in [5.41, 5.74) is 6.23. The molecule has 1 fully saturated rings. The Morgan fingerprint density at radius 3 is 2.04 bits per heavy atom. The highest BCUT2D eigenvalue weighted by Gasteiger charge is 2.50. The van der Waals surface area contributed by atoms with E-state index in [2.05, 4.69) is 129 Å². The molecule has 0 amide bonds. The molecule has 1 aliphatic carbocycles. The molecule has 0 unspecified atom stereocenters. The van der Waals surface area contributed by atoms with Crippen LogP contribution in [0.25, 0.3) is 5.57 Å². The van der Waals surface area contributed by atoms with Crippen LogP contribution in [-0.4, -0.2) is 65.1 Å². The average molecular weight is 721 g/mol. The van der Waals surface area contributed by atoms with Crippen LogP contribution in [0.4, 0.5) is 5.69 Å². The number of nitrogens with zero attached hydrogens (tertiary/aromatic N) is 2. The van der Waals surface area contributed by atoms with Crippen LogP contribution in [0.5, 0.6) is 0 Å². The Labute approximate surface area is 311 Å². The molecule has 0 bridgehead atoms. The number of hydrogen-bond acceptors (Lipinski definition) is 5. The van der Waals surface area contributed by atoms with Gasteiger partial charge in [-0.1, -0.05) is 125 Å². The minimum Gasteiger partial charge on any atom is -0.465 e. The van der Waals surface area contributed by atoms with E-state index in [9.17, 15) is 4.79 Å². The van der Waals surface area contributed by atoms with Crippen LogP contribution in [0.15, 0.2) is 115 Å². The van der Waals surface area contributed by atoms with Gasteiger partial charge in [0.25, 0.3) is 8.32 Å². The quantitative estimate of drug-likeness (QED) is 0.121. The van der Waals surface area contributed by atoms with E-state index in [0.29, 0.717) is 12.2 Å². The SMILES string of the molecule is COC(=O)c1ccc(N2CCN(CC3=C(c4ccc(Cl)cc4)CCC(C)(C)C3)C[C@@H]2CO[Si](c2ccccc2)(c2ccccc2)C(C)(C)C)cc1. The normalized spacial score (nSPS) is 18.5. The Morgan fingerprint density at radius 2 is 1.47 bits per heavy atom. The first-order chi connectivity index (χ1) is 24.4. The minimum atomic E-state index is -2.76. The van der Waals surface area contributed by atoms with Crippen molar-refractivity contribution in [2.75, 3.05) is 44.8 Å². The van der Waals surface area contributed by atoms with E-state index >= 15 is 0 Å². The van der Waals surface area contributed by atoms with Crippen molar-refractivity contribution in [2.45, 2.75) is 65.0 Å². The summed E-state index contributed by atoms with van der Waals surface area (Å²) in [6.45, 7) is 16.0. The lowest BCUT2D eigenvalue weighted by Crippen LogP contribution is -2.68. The molecular formula is C44H53ClN2O3Si. The second-order valence-electron chi connectivity index (χ2n) is 16.0. The topological polar surface area (TPSA) is 42.0 Å². The van der Waals surface area contributed by atoms with Crippen LogP contribution >= 0.6 is 11.6 Å². The lowest BCUT2D eigenvalue weighted by molar-refractivity contribution is 0.0600. The summed E-state index contributed by atoms with van der Waals surface area (Å²) in [6, 6.07) is 38.2. The Balaban J connectivity index is 1.36. The molecule has 6 rings (SSSR count). The van der Waals surface area contributed by atoms with Crippen molar-refractivity contribution in [2.24, 2.45) is 5.41 Å². The fraction of sp³-hybridized carbons (Fsp3) is 0.386. The van der Waals surface area contributed by atoms with E-state index in [-0.39, 0.29) is 22.5 Å². The van der Waals surface area contributed by atoms with Crippen molar-refractivity contribution >= 4 is 47.5 Å². The predicted octanol–water partition coefficient (Wildman–Crippen LogP) is 8.86. The number of methoxy groups -OCH3 is 1. The van der Waals surface area contributed by atoms with Gasteiger partial charge in [0.2, 0.25) is 0 Å². The highest BCUT2D eigenvalue weighted by Crippen LogP contribution is 2.43. The minimum absolute atomic E-state index is 0.0977. The van der Waals surface area contributed by atoms with Gasteiger partial charge in [-0.3, -0.25) is 4.90 Å². The monoisotopic (exact) mass is 720 g/mol. The van der Waals surface area contributed by atoms with Crippen LogP contribution in [0.3, 0.4) is 0 Å². The number of anilines is 1. The van der Waals surface area contributed by atoms with Gasteiger partial charge in [0.05, 0.1) is 25.3 Å². The van der Waals surface area contributed by atoms with Gasteiger partial charge in [-0.25, -0.2) is 4.79 Å². The fourth-order valence-corrected chi connectivity index (χ4v) is 13.0. The smallest absolute Gasteiger partial charge is 0.337 e.